The maximum absolute atomic E-state index is 6.14. The molecule has 0 bridgehead atoms. The van der Waals surface area contributed by atoms with Crippen molar-refractivity contribution in [2.45, 2.75) is 6.42 Å². The van der Waals surface area contributed by atoms with Crippen molar-refractivity contribution in [1.82, 2.24) is 9.47 Å². The van der Waals surface area contributed by atoms with Crippen molar-refractivity contribution in [3.63, 3.8) is 0 Å². The average molecular weight is 381 g/mol. The number of benzene rings is 2. The van der Waals surface area contributed by atoms with Gasteiger partial charge in [0.15, 0.2) is 0 Å². The molecule has 0 amide bonds. The van der Waals surface area contributed by atoms with Gasteiger partial charge in [0.25, 0.3) is 0 Å². The van der Waals surface area contributed by atoms with Gasteiger partial charge in [-0.3, -0.25) is 0 Å². The second-order valence-corrected chi connectivity index (χ2v) is 7.59. The molecule has 2 N–H and O–H groups in total. The lowest BCUT2D eigenvalue weighted by molar-refractivity contribution is 0.313. The molecule has 1 aromatic heterocycles. The third-order valence-corrected chi connectivity index (χ3v) is 5.27. The molecule has 0 aliphatic carbocycles. The lowest BCUT2D eigenvalue weighted by Crippen LogP contribution is -2.32. The fraction of sp³-hybridized carbons (Fsp3) is 0.227. The van der Waals surface area contributed by atoms with Gasteiger partial charge in [-0.25, -0.2) is 4.48 Å². The molecule has 0 spiro atoms. The van der Waals surface area contributed by atoms with Gasteiger partial charge in [-0.1, -0.05) is 23.7 Å². The van der Waals surface area contributed by atoms with Crippen LogP contribution in [-0.4, -0.2) is 32.2 Å². The number of nitrogens with two attached hydrogens (primary N) is 1. The molecule has 4 rings (SSSR count). The van der Waals surface area contributed by atoms with Crippen molar-refractivity contribution >= 4 is 23.1 Å². The number of rotatable bonds is 5. The van der Waals surface area contributed by atoms with Crippen LogP contribution in [0.2, 0.25) is 5.15 Å². The van der Waals surface area contributed by atoms with E-state index in [1.54, 1.807) is 0 Å². The van der Waals surface area contributed by atoms with Crippen LogP contribution in [0.3, 0.4) is 0 Å². The predicted octanol–water partition coefficient (Wildman–Crippen LogP) is 5.01. The Balaban J connectivity index is 1.68. The Morgan fingerprint density at radius 3 is 2.44 bits per heavy atom. The monoisotopic (exact) mass is 380 g/mol. The van der Waals surface area contributed by atoms with Crippen LogP contribution in [0, 0.1) is 0 Å². The first-order valence-corrected chi connectivity index (χ1v) is 9.48. The highest BCUT2D eigenvalue weighted by atomic mass is 35.5. The third-order valence-electron chi connectivity index (χ3n) is 5.06. The first kappa shape index (κ1) is 18.0. The number of aromatic nitrogens is 1. The Labute approximate surface area is 164 Å². The SMILES string of the molecule is C[N+]1(C)c2ccc(-c3ccc(OCCCN)cc3)cc2-c2ccc(Cl)nc21. The maximum Gasteiger partial charge on any atom is 0.241 e. The minimum Gasteiger partial charge on any atom is -0.494 e. The van der Waals surface area contributed by atoms with E-state index >= 15 is 0 Å². The number of nitrogens with zero attached hydrogens (tertiary/aromatic N) is 2. The second kappa shape index (κ2) is 6.97. The van der Waals surface area contributed by atoms with Gasteiger partial charge in [-0.15, -0.1) is 0 Å². The molecule has 138 valence electrons. The number of fused-ring (bicyclic) bond motifs is 3. The highest BCUT2D eigenvalue weighted by molar-refractivity contribution is 6.29. The van der Waals surface area contributed by atoms with Crippen molar-refractivity contribution in [1.29, 1.82) is 0 Å². The maximum atomic E-state index is 6.14. The zero-order valence-electron chi connectivity index (χ0n) is 15.6. The molecule has 1 aliphatic heterocycles. The van der Waals surface area contributed by atoms with E-state index in [4.69, 9.17) is 22.1 Å². The fourth-order valence-corrected chi connectivity index (χ4v) is 3.75. The largest absolute Gasteiger partial charge is 0.494 e. The highest BCUT2D eigenvalue weighted by Crippen LogP contribution is 2.50. The van der Waals surface area contributed by atoms with Gasteiger partial charge in [-0.2, -0.15) is 4.98 Å². The second-order valence-electron chi connectivity index (χ2n) is 7.21. The molecule has 0 radical (unpaired) electrons. The Bertz CT molecular complexity index is 983. The zero-order chi connectivity index (χ0) is 19.0. The highest BCUT2D eigenvalue weighted by Gasteiger charge is 2.38. The Hall–Kier alpha value is -2.40. The molecule has 2 aromatic carbocycles. The van der Waals surface area contributed by atoms with Gasteiger partial charge in [-0.05, 0) is 60.5 Å². The van der Waals surface area contributed by atoms with Crippen molar-refractivity contribution in [2.75, 3.05) is 27.2 Å². The lowest BCUT2D eigenvalue weighted by atomic mass is 9.99. The number of ether oxygens (including phenoxy) is 1. The van der Waals surface area contributed by atoms with Crippen LogP contribution in [0.1, 0.15) is 6.42 Å². The summed E-state index contributed by atoms with van der Waals surface area (Å²) >= 11 is 6.14. The number of quaternary nitrogens is 1. The van der Waals surface area contributed by atoms with Crippen LogP contribution < -0.4 is 15.0 Å². The lowest BCUT2D eigenvalue weighted by Gasteiger charge is -2.23. The quantitative estimate of drug-likeness (QED) is 0.384. The summed E-state index contributed by atoms with van der Waals surface area (Å²) in [6.45, 7) is 1.29. The molecule has 0 atom stereocenters. The Kier molecular flexibility index (Phi) is 4.64. The van der Waals surface area contributed by atoms with Crippen LogP contribution in [0.15, 0.2) is 54.6 Å². The van der Waals surface area contributed by atoms with Crippen LogP contribution in [0.5, 0.6) is 5.75 Å². The van der Waals surface area contributed by atoms with E-state index in [1.165, 1.54) is 16.8 Å². The molecule has 1 aliphatic rings. The molecule has 0 saturated heterocycles. The van der Waals surface area contributed by atoms with Gasteiger partial charge in [0, 0.05) is 6.07 Å². The van der Waals surface area contributed by atoms with E-state index < -0.39 is 0 Å². The van der Waals surface area contributed by atoms with Gasteiger partial charge in [0.1, 0.15) is 16.6 Å². The van der Waals surface area contributed by atoms with E-state index in [-0.39, 0.29) is 0 Å². The normalized spacial score (nSPS) is 13.9. The summed E-state index contributed by atoms with van der Waals surface area (Å²) in [7, 11) is 4.28. The number of pyridine rings is 1. The van der Waals surface area contributed by atoms with Crippen LogP contribution >= 0.6 is 11.6 Å². The number of hydrogen-bond donors (Lipinski definition) is 1. The molecular formula is C22H23ClN3O+. The summed E-state index contributed by atoms with van der Waals surface area (Å²) in [6.07, 6.45) is 0.859. The predicted molar refractivity (Wildman–Crippen MR) is 113 cm³/mol. The summed E-state index contributed by atoms with van der Waals surface area (Å²) in [4.78, 5) is 4.58. The van der Waals surface area contributed by atoms with Gasteiger partial charge >= 0.3 is 0 Å². The van der Waals surface area contributed by atoms with Crippen LogP contribution in [0.4, 0.5) is 11.5 Å². The summed E-state index contributed by atoms with van der Waals surface area (Å²) in [6, 6.07) is 18.7. The van der Waals surface area contributed by atoms with Crippen LogP contribution in [0.25, 0.3) is 22.3 Å². The van der Waals surface area contributed by atoms with E-state index in [0.29, 0.717) is 22.8 Å². The van der Waals surface area contributed by atoms with Crippen LogP contribution in [-0.2, 0) is 0 Å². The Morgan fingerprint density at radius 1 is 0.963 bits per heavy atom. The Morgan fingerprint density at radius 2 is 1.70 bits per heavy atom. The topological polar surface area (TPSA) is 48.1 Å². The molecule has 5 heteroatoms. The number of hydrogen-bond acceptors (Lipinski definition) is 3. The first-order chi connectivity index (χ1) is 13.0. The zero-order valence-corrected chi connectivity index (χ0v) is 16.3. The molecule has 4 nitrogen and oxygen atoms in total. The van der Waals surface area contributed by atoms with E-state index in [0.717, 1.165) is 29.1 Å². The molecule has 27 heavy (non-hydrogen) atoms. The van der Waals surface area contributed by atoms with Crippen molar-refractivity contribution < 1.29 is 4.74 Å². The molecule has 0 fully saturated rings. The summed E-state index contributed by atoms with van der Waals surface area (Å²) in [5, 5.41) is 0.526. The van der Waals surface area contributed by atoms with Crippen molar-refractivity contribution in [3.8, 4) is 28.0 Å². The minimum atomic E-state index is 0.526. The minimum absolute atomic E-state index is 0.526. The molecule has 3 aromatic rings. The van der Waals surface area contributed by atoms with E-state index in [9.17, 15) is 0 Å². The summed E-state index contributed by atoms with van der Waals surface area (Å²) < 4.78 is 6.29. The van der Waals surface area contributed by atoms with Crippen molar-refractivity contribution in [2.24, 2.45) is 5.73 Å². The smallest absolute Gasteiger partial charge is 0.241 e. The van der Waals surface area contributed by atoms with E-state index in [1.807, 2.05) is 18.2 Å². The summed E-state index contributed by atoms with van der Waals surface area (Å²) in [5.41, 5.74) is 11.4. The standard InChI is InChI=1S/C22H23ClN3O/c1-26(2)20-10-6-16(14-19(20)18-9-11-21(23)25-22(18)26)15-4-7-17(8-5-15)27-13-3-12-24/h4-11,14H,3,12-13,24H2,1-2H3/q+1. The first-order valence-electron chi connectivity index (χ1n) is 9.10. The number of halogens is 1. The molecule has 0 saturated carbocycles. The van der Waals surface area contributed by atoms with Gasteiger partial charge in [0.2, 0.25) is 5.82 Å². The van der Waals surface area contributed by atoms with Gasteiger partial charge in [0.05, 0.1) is 31.8 Å². The summed E-state index contributed by atoms with van der Waals surface area (Å²) in [5.74, 6) is 1.86. The van der Waals surface area contributed by atoms with Crippen molar-refractivity contribution in [3.05, 3.63) is 59.8 Å². The van der Waals surface area contributed by atoms with E-state index in [2.05, 4.69) is 55.5 Å². The fourth-order valence-electron chi connectivity index (χ4n) is 3.61. The molecule has 0 unspecified atom stereocenters. The molecule has 2 heterocycles. The molecular weight excluding hydrogens is 358 g/mol. The van der Waals surface area contributed by atoms with Gasteiger partial charge < -0.3 is 10.5 Å². The third kappa shape index (κ3) is 3.21. The average Bonchev–Trinajstić information content (AvgIpc) is 2.89.